The number of fused-ring (bicyclic) bond motifs is 2. The second kappa shape index (κ2) is 7.58. The fourth-order valence-electron chi connectivity index (χ4n) is 4.02. The number of benzene rings is 2. The van der Waals surface area contributed by atoms with Crippen molar-refractivity contribution in [2.45, 2.75) is 32.6 Å². The minimum atomic E-state index is -2.76. The van der Waals surface area contributed by atoms with Gasteiger partial charge >= 0.3 is 0 Å². The zero-order valence-corrected chi connectivity index (χ0v) is 16.9. The monoisotopic (exact) mass is 418 g/mol. The number of hydrogen-bond donors (Lipinski definition) is 1. The molecule has 0 aliphatic heterocycles. The summed E-state index contributed by atoms with van der Waals surface area (Å²) in [6.45, 7) is 1.95. The van der Waals surface area contributed by atoms with E-state index in [4.69, 9.17) is 0 Å². The minimum absolute atomic E-state index is 0.104. The summed E-state index contributed by atoms with van der Waals surface area (Å²) in [6.07, 6.45) is 1.69. The van der Waals surface area contributed by atoms with Gasteiger partial charge in [-0.1, -0.05) is 35.9 Å². The first-order chi connectivity index (χ1) is 15.0. The third-order valence-electron chi connectivity index (χ3n) is 5.67. The Morgan fingerprint density at radius 1 is 1.06 bits per heavy atom. The molecule has 0 spiro atoms. The van der Waals surface area contributed by atoms with E-state index in [-0.39, 0.29) is 16.9 Å². The highest BCUT2D eigenvalue weighted by Gasteiger charge is 2.22. The third kappa shape index (κ3) is 3.56. The van der Waals surface area contributed by atoms with Gasteiger partial charge in [0.1, 0.15) is 11.3 Å². The summed E-state index contributed by atoms with van der Waals surface area (Å²) in [4.78, 5) is 17.5. The Morgan fingerprint density at radius 2 is 1.84 bits per heavy atom. The van der Waals surface area contributed by atoms with Crippen LogP contribution in [0.5, 0.6) is 0 Å². The van der Waals surface area contributed by atoms with Crippen molar-refractivity contribution in [3.63, 3.8) is 0 Å². The summed E-state index contributed by atoms with van der Waals surface area (Å²) in [5, 5.41) is 6.88. The Labute approximate surface area is 177 Å². The number of nitrogens with zero attached hydrogens (tertiary/aromatic N) is 3. The van der Waals surface area contributed by atoms with Gasteiger partial charge in [0.05, 0.1) is 11.9 Å². The first kappa shape index (κ1) is 19.4. The maximum absolute atomic E-state index is 13.8. The number of halogens is 2. The largest absolute Gasteiger partial charge is 0.322 e. The van der Waals surface area contributed by atoms with Crippen LogP contribution in [-0.2, 0) is 12.8 Å². The van der Waals surface area contributed by atoms with Gasteiger partial charge < -0.3 is 5.32 Å². The molecule has 2 aromatic heterocycles. The molecule has 31 heavy (non-hydrogen) atoms. The number of aromatic nitrogens is 3. The molecule has 1 aliphatic rings. The average Bonchev–Trinajstić information content (AvgIpc) is 3.40. The first-order valence-electron chi connectivity index (χ1n) is 10.2. The first-order valence-corrected chi connectivity index (χ1v) is 10.2. The summed E-state index contributed by atoms with van der Waals surface area (Å²) in [7, 11) is 0. The number of anilines is 1. The van der Waals surface area contributed by atoms with E-state index in [2.05, 4.69) is 15.4 Å². The summed E-state index contributed by atoms with van der Waals surface area (Å²) >= 11 is 0. The Hall–Kier alpha value is -3.61. The fourth-order valence-corrected chi connectivity index (χ4v) is 4.02. The molecule has 1 amide bonds. The number of nitrogens with one attached hydrogen (secondary N) is 1. The highest BCUT2D eigenvalue weighted by Crippen LogP contribution is 2.28. The molecule has 2 aromatic carbocycles. The molecule has 0 unspecified atom stereocenters. The van der Waals surface area contributed by atoms with Gasteiger partial charge in [-0.3, -0.25) is 4.79 Å². The highest BCUT2D eigenvalue weighted by atomic mass is 19.3. The van der Waals surface area contributed by atoms with E-state index >= 15 is 0 Å². The number of aryl methyl sites for hydroxylation is 3. The lowest BCUT2D eigenvalue weighted by molar-refractivity contribution is 0.102. The normalized spacial score (nSPS) is 13.0. The molecule has 1 aliphatic carbocycles. The second-order valence-electron chi connectivity index (χ2n) is 7.82. The molecule has 0 radical (unpaired) electrons. The van der Waals surface area contributed by atoms with Crippen molar-refractivity contribution in [2.24, 2.45) is 0 Å². The van der Waals surface area contributed by atoms with E-state index in [9.17, 15) is 13.6 Å². The van der Waals surface area contributed by atoms with E-state index < -0.39 is 12.3 Å². The minimum Gasteiger partial charge on any atom is -0.322 e. The van der Waals surface area contributed by atoms with Crippen molar-refractivity contribution in [1.82, 2.24) is 14.6 Å². The number of carbonyl (C=O) groups excluding carboxylic acids is 1. The van der Waals surface area contributed by atoms with Crippen molar-refractivity contribution < 1.29 is 13.6 Å². The molecule has 2 heterocycles. The van der Waals surface area contributed by atoms with Gasteiger partial charge in [0.15, 0.2) is 5.65 Å². The summed E-state index contributed by atoms with van der Waals surface area (Å²) in [6, 6.07) is 14.6. The van der Waals surface area contributed by atoms with Crippen molar-refractivity contribution in [3.8, 4) is 11.3 Å². The molecule has 5 rings (SSSR count). The van der Waals surface area contributed by atoms with E-state index in [0.29, 0.717) is 16.9 Å². The van der Waals surface area contributed by atoms with Crippen LogP contribution in [0.3, 0.4) is 0 Å². The van der Waals surface area contributed by atoms with Crippen LogP contribution in [0.4, 0.5) is 14.5 Å². The summed E-state index contributed by atoms with van der Waals surface area (Å²) in [5.74, 6) is -0.429. The molecule has 1 N–H and O–H groups in total. The number of amides is 1. The maximum Gasteiger partial charge on any atom is 0.280 e. The van der Waals surface area contributed by atoms with Gasteiger partial charge in [-0.15, -0.1) is 0 Å². The van der Waals surface area contributed by atoms with Crippen LogP contribution in [0.1, 0.15) is 45.6 Å². The smallest absolute Gasteiger partial charge is 0.280 e. The van der Waals surface area contributed by atoms with Crippen LogP contribution in [0.25, 0.3) is 16.9 Å². The van der Waals surface area contributed by atoms with Crippen molar-refractivity contribution >= 4 is 17.2 Å². The van der Waals surface area contributed by atoms with Crippen LogP contribution < -0.4 is 5.32 Å². The second-order valence-corrected chi connectivity index (χ2v) is 7.82. The molecule has 0 atom stereocenters. The van der Waals surface area contributed by atoms with Gasteiger partial charge in [0, 0.05) is 11.3 Å². The molecule has 0 fully saturated rings. The Morgan fingerprint density at radius 3 is 2.61 bits per heavy atom. The zero-order chi connectivity index (χ0) is 21.5. The van der Waals surface area contributed by atoms with Crippen molar-refractivity contribution in [2.75, 3.05) is 5.32 Å². The Balaban J connectivity index is 1.55. The Kier molecular flexibility index (Phi) is 4.73. The highest BCUT2D eigenvalue weighted by molar-refractivity contribution is 6.08. The molecule has 156 valence electrons. The predicted molar refractivity (Wildman–Crippen MR) is 115 cm³/mol. The molecule has 0 saturated carbocycles. The van der Waals surface area contributed by atoms with E-state index in [0.717, 1.165) is 29.3 Å². The molecular weight excluding hydrogens is 398 g/mol. The van der Waals surface area contributed by atoms with Gasteiger partial charge in [-0.05, 0) is 55.5 Å². The fraction of sp³-hybridized carbons (Fsp3) is 0.208. The van der Waals surface area contributed by atoms with Gasteiger partial charge in [0.2, 0.25) is 0 Å². The quantitative estimate of drug-likeness (QED) is 0.484. The zero-order valence-electron chi connectivity index (χ0n) is 16.9. The molecular formula is C24H20F2N4O. The molecule has 0 saturated heterocycles. The molecule has 7 heteroatoms. The number of carbonyl (C=O) groups is 1. The van der Waals surface area contributed by atoms with E-state index in [1.54, 1.807) is 0 Å². The lowest BCUT2D eigenvalue weighted by Crippen LogP contribution is -2.13. The lowest BCUT2D eigenvalue weighted by Gasteiger charge is -2.09. The van der Waals surface area contributed by atoms with Crippen molar-refractivity contribution in [1.29, 1.82) is 0 Å². The van der Waals surface area contributed by atoms with E-state index in [1.807, 2.05) is 49.4 Å². The predicted octanol–water partition coefficient (Wildman–Crippen LogP) is 5.38. The standard InChI is InChI=1S/C24H20F2N4O/c1-14-5-7-16(8-6-14)20-12-21(22(25)26)30-23(29-20)19(13-27-30)24(31)28-18-10-9-15-3-2-4-17(15)11-18/h5-13,22H,2-4H2,1H3,(H,28,31). The van der Waals surface area contributed by atoms with Crippen LogP contribution in [0.2, 0.25) is 0 Å². The van der Waals surface area contributed by atoms with Crippen molar-refractivity contribution in [3.05, 3.63) is 82.7 Å². The average molecular weight is 418 g/mol. The van der Waals surface area contributed by atoms with Crippen LogP contribution >= 0.6 is 0 Å². The van der Waals surface area contributed by atoms with E-state index in [1.165, 1.54) is 23.4 Å². The van der Waals surface area contributed by atoms with Gasteiger partial charge in [0.25, 0.3) is 12.3 Å². The SMILES string of the molecule is Cc1ccc(-c2cc(C(F)F)n3ncc(C(=O)Nc4ccc5c(c4)CCC5)c3n2)cc1. The lowest BCUT2D eigenvalue weighted by atomic mass is 10.1. The number of rotatable bonds is 4. The summed E-state index contributed by atoms with van der Waals surface area (Å²) < 4.78 is 28.5. The summed E-state index contributed by atoms with van der Waals surface area (Å²) in [5.41, 5.74) is 5.28. The van der Waals surface area contributed by atoms with Gasteiger partial charge in [-0.2, -0.15) is 5.10 Å². The molecule has 5 nitrogen and oxygen atoms in total. The molecule has 0 bridgehead atoms. The number of hydrogen-bond acceptors (Lipinski definition) is 3. The molecule has 4 aromatic rings. The van der Waals surface area contributed by atoms with Gasteiger partial charge in [-0.25, -0.2) is 18.3 Å². The topological polar surface area (TPSA) is 59.3 Å². The van der Waals surface area contributed by atoms with Crippen LogP contribution in [0.15, 0.2) is 54.7 Å². The maximum atomic E-state index is 13.8. The number of alkyl halides is 2. The Bertz CT molecular complexity index is 1300. The third-order valence-corrected chi connectivity index (χ3v) is 5.67. The van der Waals surface area contributed by atoms with Crippen LogP contribution in [0, 0.1) is 6.92 Å². The van der Waals surface area contributed by atoms with Crippen LogP contribution in [-0.4, -0.2) is 20.5 Å².